The van der Waals surface area contributed by atoms with Gasteiger partial charge in [-0.05, 0) is 20.8 Å². The van der Waals surface area contributed by atoms with Crippen LogP contribution in [0.25, 0.3) is 0 Å². The molecule has 108 valence electrons. The van der Waals surface area contributed by atoms with E-state index in [1.807, 2.05) is 20.8 Å². The fourth-order valence-electron chi connectivity index (χ4n) is 1.71. The highest BCUT2D eigenvalue weighted by molar-refractivity contribution is 5.80. The Bertz CT molecular complexity index is 343. The van der Waals surface area contributed by atoms with Crippen LogP contribution in [0.4, 0.5) is 4.79 Å². The number of carbonyl (C=O) groups excluding carboxylic acids is 3. The molecule has 0 aromatic carbocycles. The number of hydrogen-bond acceptors (Lipinski definition) is 4. The number of rotatable bonds is 3. The molecule has 0 radical (unpaired) electrons. The van der Waals surface area contributed by atoms with Gasteiger partial charge < -0.3 is 19.9 Å². The van der Waals surface area contributed by atoms with Gasteiger partial charge in [0.25, 0.3) is 0 Å². The van der Waals surface area contributed by atoms with Crippen molar-refractivity contribution in [2.24, 2.45) is 0 Å². The lowest BCUT2D eigenvalue weighted by atomic mass is 10.2. The lowest BCUT2D eigenvalue weighted by Gasteiger charge is -2.35. The molecule has 1 aliphatic rings. The van der Waals surface area contributed by atoms with Crippen molar-refractivity contribution in [2.45, 2.75) is 26.4 Å². The van der Waals surface area contributed by atoms with Gasteiger partial charge in [0, 0.05) is 26.2 Å². The molecule has 0 saturated carbocycles. The highest BCUT2D eigenvalue weighted by Gasteiger charge is 2.27. The number of nitrogens with zero attached hydrogens (tertiary/aromatic N) is 2. The van der Waals surface area contributed by atoms with E-state index < -0.39 is 5.60 Å². The summed E-state index contributed by atoms with van der Waals surface area (Å²) in [6.07, 6.45) is 0.139. The number of amides is 3. The molecule has 0 aromatic rings. The zero-order valence-electron chi connectivity index (χ0n) is 11.6. The molecule has 0 atom stereocenters. The molecule has 7 nitrogen and oxygen atoms in total. The first kappa shape index (κ1) is 15.3. The number of nitrogens with one attached hydrogen (secondary N) is 1. The molecule has 0 aromatic heterocycles. The third kappa shape index (κ3) is 5.15. The van der Waals surface area contributed by atoms with E-state index in [0.717, 1.165) is 0 Å². The van der Waals surface area contributed by atoms with Gasteiger partial charge in [-0.1, -0.05) is 0 Å². The molecule has 0 aliphatic carbocycles. The maximum Gasteiger partial charge on any atom is 0.410 e. The third-order valence-electron chi connectivity index (χ3n) is 2.62. The molecule has 1 saturated heterocycles. The van der Waals surface area contributed by atoms with Crippen molar-refractivity contribution in [3.63, 3.8) is 0 Å². The Hall–Kier alpha value is -1.79. The van der Waals surface area contributed by atoms with Crippen molar-refractivity contribution < 1.29 is 19.1 Å². The molecule has 1 fully saturated rings. The third-order valence-corrected chi connectivity index (χ3v) is 2.62. The Balaban J connectivity index is 2.38. The highest BCUT2D eigenvalue weighted by atomic mass is 16.6. The Morgan fingerprint density at radius 2 is 1.68 bits per heavy atom. The summed E-state index contributed by atoms with van der Waals surface area (Å²) in [5, 5.41) is 2.33. The van der Waals surface area contributed by atoms with Crippen molar-refractivity contribution in [1.82, 2.24) is 15.1 Å². The van der Waals surface area contributed by atoms with E-state index in [4.69, 9.17) is 4.74 Å². The summed E-state index contributed by atoms with van der Waals surface area (Å²) in [4.78, 5) is 36.8. The van der Waals surface area contributed by atoms with Crippen LogP contribution in [0.5, 0.6) is 0 Å². The van der Waals surface area contributed by atoms with Crippen LogP contribution >= 0.6 is 0 Å². The van der Waals surface area contributed by atoms with E-state index in [2.05, 4.69) is 5.32 Å². The van der Waals surface area contributed by atoms with Gasteiger partial charge >= 0.3 is 6.09 Å². The molecule has 0 bridgehead atoms. The minimum Gasteiger partial charge on any atom is -0.444 e. The first-order valence-electron chi connectivity index (χ1n) is 6.26. The second kappa shape index (κ2) is 6.40. The summed E-state index contributed by atoms with van der Waals surface area (Å²) < 4.78 is 5.26. The average Bonchev–Trinajstić information content (AvgIpc) is 2.34. The largest absolute Gasteiger partial charge is 0.444 e. The van der Waals surface area contributed by atoms with Crippen LogP contribution in [-0.2, 0) is 14.3 Å². The smallest absolute Gasteiger partial charge is 0.410 e. The van der Waals surface area contributed by atoms with Crippen molar-refractivity contribution in [2.75, 3.05) is 32.7 Å². The normalized spacial score (nSPS) is 15.9. The zero-order chi connectivity index (χ0) is 14.5. The van der Waals surface area contributed by atoms with Crippen molar-refractivity contribution >= 4 is 18.4 Å². The van der Waals surface area contributed by atoms with Crippen LogP contribution < -0.4 is 5.32 Å². The summed E-state index contributed by atoms with van der Waals surface area (Å²) in [7, 11) is 0. The maximum atomic E-state index is 11.8. The molecular formula is C12H21N3O4. The zero-order valence-corrected chi connectivity index (χ0v) is 11.6. The summed E-state index contributed by atoms with van der Waals surface area (Å²) in [6.45, 7) is 7.25. The number of piperazine rings is 1. The minimum atomic E-state index is -0.516. The molecule has 1 rings (SSSR count). The average molecular weight is 271 g/mol. The topological polar surface area (TPSA) is 79.0 Å². The monoisotopic (exact) mass is 271 g/mol. The molecule has 19 heavy (non-hydrogen) atoms. The fourth-order valence-corrected chi connectivity index (χ4v) is 1.71. The van der Waals surface area contributed by atoms with Gasteiger partial charge in [-0.2, -0.15) is 0 Å². The van der Waals surface area contributed by atoms with E-state index in [9.17, 15) is 14.4 Å². The number of carbonyl (C=O) groups is 3. The van der Waals surface area contributed by atoms with Crippen molar-refractivity contribution in [3.05, 3.63) is 0 Å². The van der Waals surface area contributed by atoms with Gasteiger partial charge in [0.15, 0.2) is 0 Å². The van der Waals surface area contributed by atoms with E-state index >= 15 is 0 Å². The predicted molar refractivity (Wildman–Crippen MR) is 68.5 cm³/mol. The summed E-state index contributed by atoms with van der Waals surface area (Å²) in [6, 6.07) is 0. The van der Waals surface area contributed by atoms with Crippen LogP contribution in [0.15, 0.2) is 0 Å². The van der Waals surface area contributed by atoms with Crippen LogP contribution in [0, 0.1) is 0 Å². The Labute approximate surface area is 112 Å². The van der Waals surface area contributed by atoms with Gasteiger partial charge in [0.1, 0.15) is 5.60 Å². The molecule has 3 amide bonds. The molecule has 7 heteroatoms. The summed E-state index contributed by atoms with van der Waals surface area (Å²) in [5.74, 6) is -0.143. The van der Waals surface area contributed by atoms with Crippen LogP contribution in [0.2, 0.25) is 0 Å². The molecule has 1 aliphatic heterocycles. The van der Waals surface area contributed by atoms with Gasteiger partial charge in [0.2, 0.25) is 12.3 Å². The highest BCUT2D eigenvalue weighted by Crippen LogP contribution is 2.11. The van der Waals surface area contributed by atoms with Gasteiger partial charge in [-0.3, -0.25) is 9.59 Å². The lowest BCUT2D eigenvalue weighted by molar-refractivity contribution is -0.132. The van der Waals surface area contributed by atoms with Gasteiger partial charge in [0.05, 0.1) is 6.54 Å². The van der Waals surface area contributed by atoms with E-state index in [0.29, 0.717) is 32.6 Å². The Morgan fingerprint density at radius 3 is 2.16 bits per heavy atom. The van der Waals surface area contributed by atoms with E-state index in [1.54, 1.807) is 9.80 Å². The summed E-state index contributed by atoms with van der Waals surface area (Å²) >= 11 is 0. The van der Waals surface area contributed by atoms with E-state index in [1.165, 1.54) is 0 Å². The SMILES string of the molecule is CC(C)(C)OC(=O)N1CCN(C(=O)CNC=O)CC1. The number of hydrogen-bond donors (Lipinski definition) is 1. The number of ether oxygens (including phenoxy) is 1. The molecule has 0 spiro atoms. The fraction of sp³-hybridized carbons (Fsp3) is 0.750. The molecular weight excluding hydrogens is 250 g/mol. The first-order chi connectivity index (χ1) is 8.83. The summed E-state index contributed by atoms with van der Waals surface area (Å²) in [5.41, 5.74) is -0.516. The predicted octanol–water partition coefficient (Wildman–Crippen LogP) is -0.188. The van der Waals surface area contributed by atoms with Crippen molar-refractivity contribution in [3.8, 4) is 0 Å². The second-order valence-electron chi connectivity index (χ2n) is 5.35. The minimum absolute atomic E-state index is 0.00403. The van der Waals surface area contributed by atoms with E-state index in [-0.39, 0.29) is 18.5 Å². The lowest BCUT2D eigenvalue weighted by Crippen LogP contribution is -2.53. The van der Waals surface area contributed by atoms with Crippen LogP contribution in [0.1, 0.15) is 20.8 Å². The Morgan fingerprint density at radius 1 is 1.16 bits per heavy atom. The second-order valence-corrected chi connectivity index (χ2v) is 5.35. The quantitative estimate of drug-likeness (QED) is 0.722. The van der Waals surface area contributed by atoms with Crippen LogP contribution in [-0.4, -0.2) is 66.5 Å². The van der Waals surface area contributed by atoms with Crippen LogP contribution in [0.3, 0.4) is 0 Å². The van der Waals surface area contributed by atoms with Gasteiger partial charge in [-0.25, -0.2) is 4.79 Å². The maximum absolute atomic E-state index is 11.8. The Kier molecular flexibility index (Phi) is 5.14. The molecule has 0 unspecified atom stereocenters. The van der Waals surface area contributed by atoms with Crippen molar-refractivity contribution in [1.29, 1.82) is 0 Å². The molecule has 1 heterocycles. The first-order valence-corrected chi connectivity index (χ1v) is 6.26. The molecule has 1 N–H and O–H groups in total. The standard InChI is InChI=1S/C12H21N3O4/c1-12(2,3)19-11(18)15-6-4-14(5-7-15)10(17)8-13-9-16/h9H,4-8H2,1-3H3,(H,13,16). The van der Waals surface area contributed by atoms with Gasteiger partial charge in [-0.15, -0.1) is 0 Å².